The average Bonchev–Trinajstić information content (AvgIpc) is 3.57. The number of rotatable bonds is 4. The molecular weight excluding hydrogens is 506 g/mol. The molecule has 40 heavy (non-hydrogen) atoms. The lowest BCUT2D eigenvalue weighted by Gasteiger charge is -2.13. The van der Waals surface area contributed by atoms with Crippen molar-refractivity contribution in [2.24, 2.45) is 0 Å². The Morgan fingerprint density at radius 3 is 1.90 bits per heavy atom. The fraction of sp³-hybridized carbons (Fsp3) is 0. The highest BCUT2D eigenvalue weighted by molar-refractivity contribution is 7.26. The van der Waals surface area contributed by atoms with Crippen molar-refractivity contribution in [2.75, 3.05) is 0 Å². The van der Waals surface area contributed by atoms with E-state index in [1.807, 2.05) is 35.6 Å². The van der Waals surface area contributed by atoms with E-state index in [-0.39, 0.29) is 0 Å². The molecule has 3 aromatic heterocycles. The number of fused-ring (bicyclic) bond motifs is 5. The van der Waals surface area contributed by atoms with Gasteiger partial charge >= 0.3 is 0 Å². The summed E-state index contributed by atoms with van der Waals surface area (Å²) in [6.07, 6.45) is 0. The van der Waals surface area contributed by atoms with E-state index in [0.29, 0.717) is 0 Å². The molecule has 0 amide bonds. The van der Waals surface area contributed by atoms with Crippen LogP contribution in [-0.4, -0.2) is 14.5 Å². The molecule has 3 heterocycles. The summed E-state index contributed by atoms with van der Waals surface area (Å²) in [7, 11) is 0. The zero-order chi connectivity index (χ0) is 26.5. The van der Waals surface area contributed by atoms with Gasteiger partial charge in [0.05, 0.1) is 27.1 Å². The van der Waals surface area contributed by atoms with Gasteiger partial charge in [0.1, 0.15) is 0 Å². The molecule has 0 atom stereocenters. The second kappa shape index (κ2) is 9.30. The lowest BCUT2D eigenvalue weighted by molar-refractivity contribution is 1.17. The van der Waals surface area contributed by atoms with Crippen LogP contribution >= 0.6 is 11.3 Å². The number of aromatic nitrogens is 3. The van der Waals surface area contributed by atoms with Crippen LogP contribution in [0.25, 0.3) is 70.8 Å². The van der Waals surface area contributed by atoms with Crippen molar-refractivity contribution in [2.45, 2.75) is 0 Å². The summed E-state index contributed by atoms with van der Waals surface area (Å²) in [5, 5.41) is 2.50. The molecule has 0 N–H and O–H groups in total. The molecule has 0 bridgehead atoms. The van der Waals surface area contributed by atoms with E-state index in [1.54, 1.807) is 0 Å². The minimum absolute atomic E-state index is 0.721. The monoisotopic (exact) mass is 529 g/mol. The quantitative estimate of drug-likeness (QED) is 0.227. The molecule has 0 unspecified atom stereocenters. The van der Waals surface area contributed by atoms with Gasteiger partial charge in [0.25, 0.3) is 0 Å². The molecule has 4 heteroatoms. The van der Waals surface area contributed by atoms with E-state index in [2.05, 4.69) is 120 Å². The Balaban J connectivity index is 1.49. The van der Waals surface area contributed by atoms with Crippen molar-refractivity contribution in [3.8, 4) is 39.6 Å². The highest BCUT2D eigenvalue weighted by atomic mass is 32.1. The van der Waals surface area contributed by atoms with Gasteiger partial charge < -0.3 is 4.57 Å². The number of para-hydroxylation sites is 2. The van der Waals surface area contributed by atoms with Crippen LogP contribution in [-0.2, 0) is 0 Å². The van der Waals surface area contributed by atoms with Crippen molar-refractivity contribution >= 4 is 42.5 Å². The van der Waals surface area contributed by atoms with E-state index in [9.17, 15) is 0 Å². The lowest BCUT2D eigenvalue weighted by Crippen LogP contribution is -1.99. The molecule has 0 aliphatic carbocycles. The molecule has 0 aliphatic rings. The summed E-state index contributed by atoms with van der Waals surface area (Å²) >= 11 is 1.86. The maximum Gasteiger partial charge on any atom is 0.160 e. The van der Waals surface area contributed by atoms with Crippen LogP contribution in [0, 0.1) is 0 Å². The normalized spacial score (nSPS) is 11.5. The molecule has 0 spiro atoms. The summed E-state index contributed by atoms with van der Waals surface area (Å²) < 4.78 is 5.01. The summed E-state index contributed by atoms with van der Waals surface area (Å²) in [6, 6.07) is 48.7. The first-order chi connectivity index (χ1) is 19.8. The summed E-state index contributed by atoms with van der Waals surface area (Å²) in [5.74, 6) is 0.721. The molecule has 0 saturated carbocycles. The van der Waals surface area contributed by atoms with Crippen LogP contribution in [0.1, 0.15) is 0 Å². The fourth-order valence-corrected chi connectivity index (χ4v) is 6.83. The van der Waals surface area contributed by atoms with E-state index in [0.717, 1.165) is 45.1 Å². The molecule has 0 saturated heterocycles. The topological polar surface area (TPSA) is 30.7 Å². The molecular formula is C36H23N3S. The standard InChI is InChI=1S/C36H23N3S/c1-4-13-24(14-5-1)30-23-31(38-36(37-30)25-15-6-2-7-16-25)27-20-12-21-29-33(27)39(26-17-8-3-9-18-26)34-28-19-10-11-22-32(28)40-35(29)34/h1-23H. The van der Waals surface area contributed by atoms with Gasteiger partial charge in [-0.15, -0.1) is 11.3 Å². The number of hydrogen-bond donors (Lipinski definition) is 0. The molecule has 3 nitrogen and oxygen atoms in total. The number of hydrogen-bond acceptors (Lipinski definition) is 3. The molecule has 8 aromatic rings. The van der Waals surface area contributed by atoms with Crippen LogP contribution in [0.3, 0.4) is 0 Å². The van der Waals surface area contributed by atoms with Gasteiger partial charge in [-0.25, -0.2) is 9.97 Å². The van der Waals surface area contributed by atoms with Gasteiger partial charge in [-0.3, -0.25) is 0 Å². The first-order valence-corrected chi connectivity index (χ1v) is 14.2. The highest BCUT2D eigenvalue weighted by Gasteiger charge is 2.21. The van der Waals surface area contributed by atoms with Crippen molar-refractivity contribution in [3.05, 3.63) is 140 Å². The average molecular weight is 530 g/mol. The van der Waals surface area contributed by atoms with E-state index < -0.39 is 0 Å². The predicted molar refractivity (Wildman–Crippen MR) is 168 cm³/mol. The minimum Gasteiger partial charge on any atom is -0.307 e. The Bertz CT molecular complexity index is 2090. The van der Waals surface area contributed by atoms with Crippen LogP contribution in [0.5, 0.6) is 0 Å². The first-order valence-electron chi connectivity index (χ1n) is 13.4. The number of thiophene rings is 1. The maximum atomic E-state index is 5.18. The van der Waals surface area contributed by atoms with E-state index in [1.165, 1.54) is 25.7 Å². The van der Waals surface area contributed by atoms with Gasteiger partial charge in [-0.1, -0.05) is 115 Å². The minimum atomic E-state index is 0.721. The second-order valence-electron chi connectivity index (χ2n) is 9.84. The zero-order valence-corrected chi connectivity index (χ0v) is 22.3. The largest absolute Gasteiger partial charge is 0.307 e. The molecule has 0 fully saturated rings. The fourth-order valence-electron chi connectivity index (χ4n) is 5.62. The lowest BCUT2D eigenvalue weighted by atomic mass is 10.0. The second-order valence-corrected chi connectivity index (χ2v) is 10.9. The Labute approximate surface area is 235 Å². The molecule has 188 valence electrons. The zero-order valence-electron chi connectivity index (χ0n) is 21.5. The van der Waals surface area contributed by atoms with Gasteiger partial charge in [-0.05, 0) is 24.3 Å². The Hall–Kier alpha value is -5.06. The third-order valence-electron chi connectivity index (χ3n) is 7.42. The molecule has 5 aromatic carbocycles. The van der Waals surface area contributed by atoms with Crippen LogP contribution in [0.2, 0.25) is 0 Å². The summed E-state index contributed by atoms with van der Waals surface area (Å²) in [4.78, 5) is 10.2. The van der Waals surface area contributed by atoms with Gasteiger partial charge in [0.2, 0.25) is 0 Å². The summed E-state index contributed by atoms with van der Waals surface area (Å²) in [5.41, 5.74) is 8.52. The van der Waals surface area contributed by atoms with Gasteiger partial charge in [-0.2, -0.15) is 0 Å². The Morgan fingerprint density at radius 1 is 0.500 bits per heavy atom. The van der Waals surface area contributed by atoms with E-state index >= 15 is 0 Å². The van der Waals surface area contributed by atoms with Gasteiger partial charge in [0.15, 0.2) is 5.82 Å². The first kappa shape index (κ1) is 22.9. The van der Waals surface area contributed by atoms with Crippen molar-refractivity contribution in [1.82, 2.24) is 14.5 Å². The van der Waals surface area contributed by atoms with Crippen LogP contribution in [0.4, 0.5) is 0 Å². The predicted octanol–water partition coefficient (Wildman–Crippen LogP) is 9.79. The van der Waals surface area contributed by atoms with Crippen molar-refractivity contribution in [1.29, 1.82) is 0 Å². The van der Waals surface area contributed by atoms with E-state index in [4.69, 9.17) is 9.97 Å². The number of nitrogens with zero attached hydrogens (tertiary/aromatic N) is 3. The third kappa shape index (κ3) is 3.65. The molecule has 8 rings (SSSR count). The van der Waals surface area contributed by atoms with Crippen molar-refractivity contribution < 1.29 is 0 Å². The van der Waals surface area contributed by atoms with Crippen LogP contribution in [0.15, 0.2) is 140 Å². The maximum absolute atomic E-state index is 5.18. The smallest absolute Gasteiger partial charge is 0.160 e. The SMILES string of the molecule is c1ccc(-c2cc(-c3cccc4c5sc6ccccc6c5n(-c5ccccc5)c34)nc(-c3ccccc3)n2)cc1. The summed E-state index contributed by atoms with van der Waals surface area (Å²) in [6.45, 7) is 0. The van der Waals surface area contributed by atoms with Crippen molar-refractivity contribution in [3.63, 3.8) is 0 Å². The third-order valence-corrected chi connectivity index (χ3v) is 8.61. The Kier molecular flexibility index (Phi) is 5.32. The molecule has 0 aliphatic heterocycles. The Morgan fingerprint density at radius 2 is 1.12 bits per heavy atom. The molecule has 0 radical (unpaired) electrons. The highest BCUT2D eigenvalue weighted by Crippen LogP contribution is 2.45. The van der Waals surface area contributed by atoms with Crippen LogP contribution < -0.4 is 0 Å². The number of benzene rings is 5. The van der Waals surface area contributed by atoms with Gasteiger partial charge in [0, 0.05) is 37.9 Å².